The fourth-order valence-electron chi connectivity index (χ4n) is 2.69. The van der Waals surface area contributed by atoms with Crippen LogP contribution in [0.4, 0.5) is 0 Å². The van der Waals surface area contributed by atoms with Crippen LogP contribution < -0.4 is 0 Å². The highest BCUT2D eigenvalue weighted by molar-refractivity contribution is 9.10. The Kier molecular flexibility index (Phi) is 2.29. The number of phenolic OH excluding ortho intramolecular Hbond substituents is 1. The summed E-state index contributed by atoms with van der Waals surface area (Å²) in [6.45, 7) is 0. The van der Waals surface area contributed by atoms with E-state index in [0.29, 0.717) is 31.2 Å². The molecule has 0 saturated carbocycles. The van der Waals surface area contributed by atoms with Crippen LogP contribution in [0.2, 0.25) is 0 Å². The summed E-state index contributed by atoms with van der Waals surface area (Å²) in [5.74, 6) is -0.0286. The Morgan fingerprint density at radius 2 is 1.75 bits per heavy atom. The molecule has 0 bridgehead atoms. The molecule has 0 atom stereocenters. The highest BCUT2D eigenvalue weighted by atomic mass is 79.9. The number of carbonyl (C=O) groups excluding carboxylic acids is 1. The number of hydrogen-bond donors (Lipinski definition) is 2. The molecule has 5 heteroatoms. The van der Waals surface area contributed by atoms with Gasteiger partial charge in [-0.05, 0) is 27.6 Å². The molecule has 1 heterocycles. The molecule has 0 radical (unpaired) electrons. The van der Waals surface area contributed by atoms with Gasteiger partial charge in [0.25, 0.3) is 0 Å². The van der Waals surface area contributed by atoms with E-state index in [4.69, 9.17) is 0 Å². The van der Waals surface area contributed by atoms with Crippen molar-refractivity contribution in [3.63, 3.8) is 0 Å². The molecular formula is C15H7BrO3S. The van der Waals surface area contributed by atoms with E-state index in [1.165, 1.54) is 0 Å². The Morgan fingerprint density at radius 1 is 1.05 bits per heavy atom. The lowest BCUT2D eigenvalue weighted by Crippen LogP contribution is -2.08. The molecule has 0 amide bonds. The predicted octanol–water partition coefficient (Wildman–Crippen LogP) is 4.29. The van der Waals surface area contributed by atoms with Gasteiger partial charge in [0, 0.05) is 22.1 Å². The minimum atomic E-state index is -0.0865. The van der Waals surface area contributed by atoms with E-state index in [0.717, 1.165) is 16.9 Å². The van der Waals surface area contributed by atoms with E-state index in [9.17, 15) is 15.0 Å². The Balaban J connectivity index is 2.30. The number of phenols is 1. The molecule has 1 aliphatic carbocycles. The van der Waals surface area contributed by atoms with Gasteiger partial charge in [-0.1, -0.05) is 35.6 Å². The zero-order valence-corrected chi connectivity index (χ0v) is 12.4. The maximum Gasteiger partial charge on any atom is 0.194 e. The van der Waals surface area contributed by atoms with Gasteiger partial charge in [-0.2, -0.15) is 0 Å². The van der Waals surface area contributed by atoms with Gasteiger partial charge in [0.15, 0.2) is 10.8 Å². The summed E-state index contributed by atoms with van der Waals surface area (Å²) in [4.78, 5) is 12.6. The molecule has 98 valence electrons. The van der Waals surface area contributed by atoms with Gasteiger partial charge in [0.2, 0.25) is 0 Å². The fourth-order valence-corrected chi connectivity index (χ4v) is 4.28. The first kappa shape index (κ1) is 11.9. The minimum Gasteiger partial charge on any atom is -0.505 e. The van der Waals surface area contributed by atoms with Crippen molar-refractivity contribution < 1.29 is 15.0 Å². The van der Waals surface area contributed by atoms with Gasteiger partial charge in [-0.3, -0.25) is 4.79 Å². The number of halogens is 1. The van der Waals surface area contributed by atoms with Crippen molar-refractivity contribution in [2.75, 3.05) is 0 Å². The molecule has 2 N–H and O–H groups in total. The van der Waals surface area contributed by atoms with Crippen molar-refractivity contribution in [3.05, 3.63) is 45.9 Å². The summed E-state index contributed by atoms with van der Waals surface area (Å²) in [5, 5.41) is 21.1. The van der Waals surface area contributed by atoms with Crippen LogP contribution in [0, 0.1) is 0 Å². The second kappa shape index (κ2) is 3.84. The molecule has 1 aromatic heterocycles. The first-order valence-corrected chi connectivity index (χ1v) is 7.51. The van der Waals surface area contributed by atoms with Gasteiger partial charge < -0.3 is 10.2 Å². The molecule has 0 unspecified atom stereocenters. The first-order chi connectivity index (χ1) is 9.59. The Labute approximate surface area is 126 Å². The van der Waals surface area contributed by atoms with Crippen molar-refractivity contribution in [2.24, 2.45) is 0 Å². The van der Waals surface area contributed by atoms with Crippen LogP contribution in [-0.4, -0.2) is 16.0 Å². The maximum absolute atomic E-state index is 12.6. The van der Waals surface area contributed by atoms with Crippen LogP contribution in [0.1, 0.15) is 15.9 Å². The monoisotopic (exact) mass is 346 g/mol. The Hall–Kier alpha value is -1.85. The van der Waals surface area contributed by atoms with Gasteiger partial charge >= 0.3 is 0 Å². The molecule has 3 nitrogen and oxygen atoms in total. The molecule has 0 saturated heterocycles. The van der Waals surface area contributed by atoms with Crippen molar-refractivity contribution in [1.29, 1.82) is 0 Å². The Bertz CT molecular complexity index is 911. The molecule has 2 aromatic carbocycles. The summed E-state index contributed by atoms with van der Waals surface area (Å²) in [5.41, 5.74) is 2.44. The summed E-state index contributed by atoms with van der Waals surface area (Å²) in [6, 6.07) is 8.82. The molecule has 0 aliphatic heterocycles. The third-order valence-corrected chi connectivity index (χ3v) is 5.16. The van der Waals surface area contributed by atoms with Crippen LogP contribution in [-0.2, 0) is 0 Å². The van der Waals surface area contributed by atoms with Crippen LogP contribution in [0.25, 0.3) is 21.2 Å². The highest BCUT2D eigenvalue weighted by Gasteiger charge is 2.31. The lowest BCUT2D eigenvalue weighted by atomic mass is 9.85. The second-order valence-electron chi connectivity index (χ2n) is 4.62. The van der Waals surface area contributed by atoms with E-state index in [1.54, 1.807) is 18.2 Å². The summed E-state index contributed by atoms with van der Waals surface area (Å²) >= 11 is 4.34. The van der Waals surface area contributed by atoms with Crippen molar-refractivity contribution in [3.8, 4) is 21.9 Å². The van der Waals surface area contributed by atoms with E-state index in [1.807, 2.05) is 12.1 Å². The lowest BCUT2D eigenvalue weighted by Gasteiger charge is -2.16. The topological polar surface area (TPSA) is 57.5 Å². The third kappa shape index (κ3) is 1.31. The van der Waals surface area contributed by atoms with E-state index >= 15 is 0 Å². The largest absolute Gasteiger partial charge is 0.505 e. The smallest absolute Gasteiger partial charge is 0.194 e. The number of thiophene rings is 1. The predicted molar refractivity (Wildman–Crippen MR) is 81.7 cm³/mol. The number of fused-ring (bicyclic) bond motifs is 2. The van der Waals surface area contributed by atoms with E-state index < -0.39 is 0 Å². The quantitative estimate of drug-likeness (QED) is 0.499. The number of benzene rings is 2. The van der Waals surface area contributed by atoms with Crippen LogP contribution in [0.15, 0.2) is 34.8 Å². The molecule has 20 heavy (non-hydrogen) atoms. The average Bonchev–Trinajstić information content (AvgIpc) is 2.79. The second-order valence-corrected chi connectivity index (χ2v) is 6.47. The molecule has 3 aromatic rings. The van der Waals surface area contributed by atoms with Gasteiger partial charge in [0.1, 0.15) is 5.75 Å². The van der Waals surface area contributed by atoms with Gasteiger partial charge in [-0.25, -0.2) is 0 Å². The van der Waals surface area contributed by atoms with Crippen LogP contribution >= 0.6 is 27.3 Å². The van der Waals surface area contributed by atoms with Crippen molar-refractivity contribution >= 4 is 43.1 Å². The SMILES string of the molecule is O=C1c2ccccc2-c2c(O)sc3c(O)c(Br)cc1c23. The van der Waals surface area contributed by atoms with E-state index in [-0.39, 0.29) is 16.6 Å². The van der Waals surface area contributed by atoms with Gasteiger partial charge in [-0.15, -0.1) is 0 Å². The lowest BCUT2D eigenvalue weighted by molar-refractivity contribution is 0.104. The minimum absolute atomic E-state index is 0.0579. The van der Waals surface area contributed by atoms with Crippen LogP contribution in [0.5, 0.6) is 10.8 Å². The average molecular weight is 347 g/mol. The molecule has 0 fully saturated rings. The zero-order chi connectivity index (χ0) is 14.0. The van der Waals surface area contributed by atoms with Crippen LogP contribution in [0.3, 0.4) is 0 Å². The molecule has 1 aliphatic rings. The number of rotatable bonds is 0. The van der Waals surface area contributed by atoms with Crippen molar-refractivity contribution in [1.82, 2.24) is 0 Å². The molecule has 4 rings (SSSR count). The maximum atomic E-state index is 12.6. The van der Waals surface area contributed by atoms with Crippen molar-refractivity contribution in [2.45, 2.75) is 0 Å². The molecular weight excluding hydrogens is 340 g/mol. The summed E-state index contributed by atoms with van der Waals surface area (Å²) < 4.78 is 0.991. The number of hydrogen-bond acceptors (Lipinski definition) is 4. The number of ketones is 1. The first-order valence-electron chi connectivity index (χ1n) is 5.90. The summed E-state index contributed by atoms with van der Waals surface area (Å²) in [7, 11) is 0. The number of aromatic hydroxyl groups is 2. The Morgan fingerprint density at radius 3 is 2.50 bits per heavy atom. The van der Waals surface area contributed by atoms with E-state index in [2.05, 4.69) is 15.9 Å². The zero-order valence-electron chi connectivity index (χ0n) is 9.98. The standard InChI is InChI=1S/C15H7BrO3S/c16-9-5-8-10-11(15(19)20-14(10)13(9)18)6-3-1-2-4-7(6)12(8)17/h1-5,18-19H. The third-order valence-electron chi connectivity index (χ3n) is 3.56. The van der Waals surface area contributed by atoms with Gasteiger partial charge in [0.05, 0.1) is 9.17 Å². The fraction of sp³-hybridized carbons (Fsp3) is 0. The normalized spacial score (nSPS) is 12.8. The number of carbonyl (C=O) groups is 1. The molecule has 0 spiro atoms. The highest BCUT2D eigenvalue weighted by Crippen LogP contribution is 2.53. The summed E-state index contributed by atoms with van der Waals surface area (Å²) in [6.07, 6.45) is 0.